The lowest BCUT2D eigenvalue weighted by atomic mass is 10.1. The van der Waals surface area contributed by atoms with Crippen LogP contribution in [-0.2, 0) is 0 Å². The van der Waals surface area contributed by atoms with Crippen molar-refractivity contribution >= 4 is 42.6 Å². The van der Waals surface area contributed by atoms with E-state index in [2.05, 4.69) is 44.3 Å². The molecule has 4 rings (SSSR count). The molecule has 100 valence electrons. The molecule has 1 N–H and O–H groups in total. The van der Waals surface area contributed by atoms with Crippen LogP contribution in [0.5, 0.6) is 0 Å². The molecule has 2 fully saturated rings. The van der Waals surface area contributed by atoms with Gasteiger partial charge in [0.1, 0.15) is 0 Å². The third-order valence-corrected chi connectivity index (χ3v) is 5.71. The molecule has 2 aromatic rings. The molecular weight excluding hydrogens is 322 g/mol. The maximum Gasteiger partial charge on any atom is 0.184 e. The number of thiazole rings is 1. The van der Waals surface area contributed by atoms with Crippen molar-refractivity contribution in [2.45, 2.75) is 31.3 Å². The van der Waals surface area contributed by atoms with Crippen molar-refractivity contribution in [2.75, 3.05) is 18.4 Å². The van der Waals surface area contributed by atoms with Gasteiger partial charge in [0.25, 0.3) is 0 Å². The molecule has 2 saturated heterocycles. The maximum absolute atomic E-state index is 4.70. The quantitative estimate of drug-likeness (QED) is 0.905. The van der Waals surface area contributed by atoms with E-state index in [0.717, 1.165) is 21.2 Å². The Labute approximate surface area is 125 Å². The second kappa shape index (κ2) is 4.72. The summed E-state index contributed by atoms with van der Waals surface area (Å²) in [5.41, 5.74) is 1.09. The van der Waals surface area contributed by atoms with Gasteiger partial charge in [-0.3, -0.25) is 4.90 Å². The molecule has 2 unspecified atom stereocenters. The van der Waals surface area contributed by atoms with Crippen molar-refractivity contribution < 1.29 is 0 Å². The number of anilines is 1. The zero-order valence-corrected chi connectivity index (χ0v) is 13.0. The van der Waals surface area contributed by atoms with Crippen LogP contribution in [0.1, 0.15) is 19.3 Å². The highest BCUT2D eigenvalue weighted by molar-refractivity contribution is 9.10. The SMILES string of the molecule is Brc1ccc2nc(NC3CCN4CCCC34)sc2c1. The molecule has 0 radical (unpaired) electrons. The first-order valence-electron chi connectivity index (χ1n) is 6.86. The van der Waals surface area contributed by atoms with Crippen LogP contribution in [0.15, 0.2) is 22.7 Å². The Morgan fingerprint density at radius 1 is 1.32 bits per heavy atom. The van der Waals surface area contributed by atoms with Crippen LogP contribution in [-0.4, -0.2) is 35.1 Å². The van der Waals surface area contributed by atoms with Crippen LogP contribution < -0.4 is 5.32 Å². The van der Waals surface area contributed by atoms with Crippen molar-refractivity contribution in [3.63, 3.8) is 0 Å². The summed E-state index contributed by atoms with van der Waals surface area (Å²) in [4.78, 5) is 7.33. The number of nitrogens with zero attached hydrogens (tertiary/aromatic N) is 2. The van der Waals surface area contributed by atoms with Crippen molar-refractivity contribution in [1.29, 1.82) is 0 Å². The molecule has 5 heteroatoms. The van der Waals surface area contributed by atoms with Gasteiger partial charge in [-0.2, -0.15) is 0 Å². The van der Waals surface area contributed by atoms with E-state index >= 15 is 0 Å². The second-order valence-corrected chi connectivity index (χ2v) is 7.36. The lowest BCUT2D eigenvalue weighted by Gasteiger charge is -2.20. The monoisotopic (exact) mass is 337 g/mol. The van der Waals surface area contributed by atoms with E-state index in [-0.39, 0.29) is 0 Å². The number of halogens is 1. The predicted octanol–water partition coefficient (Wildman–Crippen LogP) is 3.71. The summed E-state index contributed by atoms with van der Waals surface area (Å²) < 4.78 is 2.37. The first kappa shape index (κ1) is 12.1. The van der Waals surface area contributed by atoms with Crippen LogP contribution in [0.4, 0.5) is 5.13 Å². The fourth-order valence-electron chi connectivity index (χ4n) is 3.37. The van der Waals surface area contributed by atoms with Crippen molar-refractivity contribution in [3.8, 4) is 0 Å². The van der Waals surface area contributed by atoms with E-state index in [1.54, 1.807) is 11.3 Å². The summed E-state index contributed by atoms with van der Waals surface area (Å²) in [5, 5.41) is 4.75. The largest absolute Gasteiger partial charge is 0.357 e. The molecule has 3 nitrogen and oxygen atoms in total. The highest BCUT2D eigenvalue weighted by atomic mass is 79.9. The Morgan fingerprint density at radius 3 is 3.21 bits per heavy atom. The summed E-state index contributed by atoms with van der Waals surface area (Å²) in [6.07, 6.45) is 3.95. The number of rotatable bonds is 2. The van der Waals surface area contributed by atoms with Crippen molar-refractivity contribution in [1.82, 2.24) is 9.88 Å². The zero-order chi connectivity index (χ0) is 12.8. The number of benzene rings is 1. The van der Waals surface area contributed by atoms with Gasteiger partial charge in [0.15, 0.2) is 5.13 Å². The first-order chi connectivity index (χ1) is 9.29. The number of aromatic nitrogens is 1. The standard InChI is InChI=1S/C14H16BrN3S/c15-9-3-4-11-13(8-9)19-14(17-11)16-10-5-7-18-6-1-2-12(10)18/h3-4,8,10,12H,1-2,5-7H2,(H,16,17). The minimum absolute atomic E-state index is 0.589. The van der Waals surface area contributed by atoms with Gasteiger partial charge < -0.3 is 5.32 Å². The van der Waals surface area contributed by atoms with Gasteiger partial charge >= 0.3 is 0 Å². The fraction of sp³-hybridized carbons (Fsp3) is 0.500. The summed E-state index contributed by atoms with van der Waals surface area (Å²) in [6.45, 7) is 2.54. The average Bonchev–Trinajstić information content (AvgIpc) is 3.05. The Morgan fingerprint density at radius 2 is 2.26 bits per heavy atom. The van der Waals surface area contributed by atoms with Gasteiger partial charge in [0.05, 0.1) is 10.2 Å². The second-order valence-electron chi connectivity index (χ2n) is 5.42. The number of nitrogens with one attached hydrogen (secondary N) is 1. The first-order valence-corrected chi connectivity index (χ1v) is 8.47. The molecule has 2 atom stereocenters. The van der Waals surface area contributed by atoms with E-state index in [1.165, 1.54) is 37.1 Å². The maximum atomic E-state index is 4.70. The molecule has 0 bridgehead atoms. The molecule has 2 aliphatic heterocycles. The Kier molecular flexibility index (Phi) is 3.01. The molecule has 2 aliphatic rings. The van der Waals surface area contributed by atoms with Gasteiger partial charge in [-0.25, -0.2) is 4.98 Å². The third-order valence-electron chi connectivity index (χ3n) is 4.27. The lowest BCUT2D eigenvalue weighted by molar-refractivity contribution is 0.318. The Hall–Kier alpha value is -0.650. The van der Waals surface area contributed by atoms with Crippen LogP contribution >= 0.6 is 27.3 Å². The van der Waals surface area contributed by atoms with Gasteiger partial charge in [0, 0.05) is 23.1 Å². The highest BCUT2D eigenvalue weighted by Crippen LogP contribution is 2.33. The predicted molar refractivity (Wildman–Crippen MR) is 83.9 cm³/mol. The number of hydrogen-bond acceptors (Lipinski definition) is 4. The molecular formula is C14H16BrN3S. The minimum atomic E-state index is 0.589. The smallest absolute Gasteiger partial charge is 0.184 e. The van der Waals surface area contributed by atoms with Crippen molar-refractivity contribution in [3.05, 3.63) is 22.7 Å². The molecule has 0 saturated carbocycles. The van der Waals surface area contributed by atoms with E-state index < -0.39 is 0 Å². The highest BCUT2D eigenvalue weighted by Gasteiger charge is 2.37. The molecule has 1 aromatic heterocycles. The van der Waals surface area contributed by atoms with Crippen molar-refractivity contribution in [2.24, 2.45) is 0 Å². The van der Waals surface area contributed by atoms with Crippen LogP contribution in [0, 0.1) is 0 Å². The zero-order valence-electron chi connectivity index (χ0n) is 10.6. The lowest BCUT2D eigenvalue weighted by Crippen LogP contribution is -2.33. The molecule has 0 amide bonds. The minimum Gasteiger partial charge on any atom is -0.357 e. The summed E-state index contributed by atoms with van der Waals surface area (Å²) in [6, 6.07) is 7.61. The normalized spacial score (nSPS) is 27.0. The van der Waals surface area contributed by atoms with Gasteiger partial charge in [-0.05, 0) is 44.0 Å². The number of hydrogen-bond donors (Lipinski definition) is 1. The van der Waals surface area contributed by atoms with E-state index in [9.17, 15) is 0 Å². The summed E-state index contributed by atoms with van der Waals surface area (Å²) >= 11 is 5.28. The summed E-state index contributed by atoms with van der Waals surface area (Å²) in [5.74, 6) is 0. The van der Waals surface area contributed by atoms with E-state index in [1.807, 2.05) is 0 Å². The summed E-state index contributed by atoms with van der Waals surface area (Å²) in [7, 11) is 0. The molecule has 3 heterocycles. The Balaban J connectivity index is 1.58. The molecule has 0 aliphatic carbocycles. The number of fused-ring (bicyclic) bond motifs is 2. The third kappa shape index (κ3) is 2.18. The van der Waals surface area contributed by atoms with E-state index in [4.69, 9.17) is 4.98 Å². The van der Waals surface area contributed by atoms with Gasteiger partial charge in [-0.1, -0.05) is 27.3 Å². The average molecular weight is 338 g/mol. The molecule has 19 heavy (non-hydrogen) atoms. The topological polar surface area (TPSA) is 28.2 Å². The fourth-order valence-corrected chi connectivity index (χ4v) is 4.85. The van der Waals surface area contributed by atoms with Gasteiger partial charge in [0.2, 0.25) is 0 Å². The Bertz CT molecular complexity index is 612. The van der Waals surface area contributed by atoms with Crippen LogP contribution in [0.2, 0.25) is 0 Å². The van der Waals surface area contributed by atoms with E-state index in [0.29, 0.717) is 6.04 Å². The molecule has 1 aromatic carbocycles. The van der Waals surface area contributed by atoms with Gasteiger partial charge in [-0.15, -0.1) is 0 Å². The molecule has 0 spiro atoms. The van der Waals surface area contributed by atoms with Crippen LogP contribution in [0.25, 0.3) is 10.2 Å². The van der Waals surface area contributed by atoms with Crippen LogP contribution in [0.3, 0.4) is 0 Å².